The molecule has 2 heterocycles. The number of methoxy groups -OCH3 is 1. The lowest BCUT2D eigenvalue weighted by Gasteiger charge is -2.13. The molecule has 0 bridgehead atoms. The summed E-state index contributed by atoms with van der Waals surface area (Å²) >= 11 is 0.999. The topological polar surface area (TPSA) is 72.4 Å². The molecule has 0 radical (unpaired) electrons. The second-order valence-corrected chi connectivity index (χ2v) is 4.11. The predicted molar refractivity (Wildman–Crippen MR) is 55.9 cm³/mol. The number of rotatable bonds is 2. The summed E-state index contributed by atoms with van der Waals surface area (Å²) in [7, 11) is 1.36. The number of amides is 1. The van der Waals surface area contributed by atoms with E-state index < -0.39 is 0 Å². The van der Waals surface area contributed by atoms with E-state index in [0.717, 1.165) is 11.7 Å². The minimum absolute atomic E-state index is 0.167. The molecule has 1 aliphatic rings. The molecule has 0 spiro atoms. The number of hydrogen-bond donors (Lipinski definition) is 0. The highest BCUT2D eigenvalue weighted by molar-refractivity contribution is 6.99. The largest absolute Gasteiger partial charge is 0.469 e. The lowest BCUT2D eigenvalue weighted by molar-refractivity contribution is -0.144. The van der Waals surface area contributed by atoms with Gasteiger partial charge < -0.3 is 9.64 Å². The van der Waals surface area contributed by atoms with Crippen molar-refractivity contribution in [3.63, 3.8) is 0 Å². The van der Waals surface area contributed by atoms with Gasteiger partial charge in [-0.15, -0.1) is 0 Å². The predicted octanol–water partition coefficient (Wildman–Crippen LogP) is 0.173. The van der Waals surface area contributed by atoms with Gasteiger partial charge in [0.1, 0.15) is 0 Å². The molecule has 6 nitrogen and oxygen atoms in total. The van der Waals surface area contributed by atoms with E-state index in [2.05, 4.69) is 13.5 Å². The van der Waals surface area contributed by atoms with Gasteiger partial charge >= 0.3 is 5.97 Å². The summed E-state index contributed by atoms with van der Waals surface area (Å²) in [5.41, 5.74) is 0.343. The highest BCUT2D eigenvalue weighted by atomic mass is 32.1. The van der Waals surface area contributed by atoms with Gasteiger partial charge in [-0.2, -0.15) is 8.75 Å². The number of esters is 1. The molecule has 1 saturated heterocycles. The molecule has 16 heavy (non-hydrogen) atoms. The Kier molecular flexibility index (Phi) is 3.14. The fourth-order valence-corrected chi connectivity index (χ4v) is 2.13. The third-order valence-corrected chi connectivity index (χ3v) is 3.07. The first-order valence-electron chi connectivity index (χ1n) is 4.87. The van der Waals surface area contributed by atoms with E-state index >= 15 is 0 Å². The summed E-state index contributed by atoms with van der Waals surface area (Å²) in [5, 5.41) is 0. The normalized spacial score (nSPS) is 19.8. The van der Waals surface area contributed by atoms with Gasteiger partial charge in [0.25, 0.3) is 5.91 Å². The van der Waals surface area contributed by atoms with Crippen LogP contribution in [0.5, 0.6) is 0 Å². The van der Waals surface area contributed by atoms with Crippen LogP contribution < -0.4 is 0 Å². The highest BCUT2D eigenvalue weighted by Crippen LogP contribution is 2.19. The van der Waals surface area contributed by atoms with E-state index in [9.17, 15) is 9.59 Å². The van der Waals surface area contributed by atoms with Crippen LogP contribution in [-0.2, 0) is 9.53 Å². The second kappa shape index (κ2) is 4.56. The Morgan fingerprint density at radius 1 is 1.62 bits per heavy atom. The lowest BCUT2D eigenvalue weighted by atomic mass is 10.1. The molecule has 7 heteroatoms. The first kappa shape index (κ1) is 11.0. The maximum atomic E-state index is 11.8. The quantitative estimate of drug-likeness (QED) is 0.690. The van der Waals surface area contributed by atoms with Crippen LogP contribution >= 0.6 is 11.7 Å². The average Bonchev–Trinajstić information content (AvgIpc) is 2.97. The lowest BCUT2D eigenvalue weighted by Crippen LogP contribution is -2.30. The highest BCUT2D eigenvalue weighted by Gasteiger charge is 2.32. The average molecular weight is 241 g/mol. The molecule has 86 valence electrons. The number of aromatic nitrogens is 2. The van der Waals surface area contributed by atoms with Crippen LogP contribution in [0.15, 0.2) is 6.20 Å². The van der Waals surface area contributed by atoms with Crippen LogP contribution in [0, 0.1) is 5.92 Å². The van der Waals surface area contributed by atoms with Gasteiger partial charge in [0.05, 0.1) is 31.0 Å². The fraction of sp³-hybridized carbons (Fsp3) is 0.556. The zero-order valence-electron chi connectivity index (χ0n) is 8.75. The number of likely N-dealkylation sites (tertiary alicyclic amines) is 1. The van der Waals surface area contributed by atoms with Crippen molar-refractivity contribution in [3.8, 4) is 0 Å². The smallest absolute Gasteiger partial charge is 0.310 e. The molecular weight excluding hydrogens is 230 g/mol. The first-order valence-corrected chi connectivity index (χ1v) is 5.60. The molecule has 1 aromatic rings. The Morgan fingerprint density at radius 3 is 3.06 bits per heavy atom. The number of ether oxygens (including phenoxy) is 1. The van der Waals surface area contributed by atoms with Crippen molar-refractivity contribution in [1.29, 1.82) is 0 Å². The van der Waals surface area contributed by atoms with Crippen molar-refractivity contribution in [1.82, 2.24) is 13.6 Å². The van der Waals surface area contributed by atoms with Gasteiger partial charge in [0.2, 0.25) is 0 Å². The first-order chi connectivity index (χ1) is 7.72. The third kappa shape index (κ3) is 2.04. The van der Waals surface area contributed by atoms with Crippen LogP contribution in [0.25, 0.3) is 0 Å². The zero-order chi connectivity index (χ0) is 11.5. The van der Waals surface area contributed by atoms with E-state index in [0.29, 0.717) is 25.2 Å². The molecule has 0 aromatic carbocycles. The molecule has 0 aliphatic carbocycles. The van der Waals surface area contributed by atoms with Crippen LogP contribution in [0.1, 0.15) is 16.9 Å². The Morgan fingerprint density at radius 2 is 2.44 bits per heavy atom. The maximum absolute atomic E-state index is 11.8. The SMILES string of the molecule is COC(=O)C1CCN(C(=O)c2cnsn2)C1. The molecule has 1 fully saturated rings. The van der Waals surface area contributed by atoms with E-state index in [-0.39, 0.29) is 17.8 Å². The molecule has 2 rings (SSSR count). The van der Waals surface area contributed by atoms with Crippen molar-refractivity contribution < 1.29 is 14.3 Å². The van der Waals surface area contributed by atoms with Crippen molar-refractivity contribution in [3.05, 3.63) is 11.9 Å². The summed E-state index contributed by atoms with van der Waals surface area (Å²) < 4.78 is 12.3. The van der Waals surface area contributed by atoms with Gasteiger partial charge in [-0.1, -0.05) is 0 Å². The summed E-state index contributed by atoms with van der Waals surface area (Å²) in [6.45, 7) is 0.971. The van der Waals surface area contributed by atoms with E-state index in [1.807, 2.05) is 0 Å². The minimum Gasteiger partial charge on any atom is -0.469 e. The summed E-state index contributed by atoms with van der Waals surface area (Å²) in [4.78, 5) is 24.7. The van der Waals surface area contributed by atoms with Gasteiger partial charge in [-0.25, -0.2) is 0 Å². The van der Waals surface area contributed by atoms with Crippen LogP contribution in [0.2, 0.25) is 0 Å². The molecule has 1 aromatic heterocycles. The summed E-state index contributed by atoms with van der Waals surface area (Å²) in [6.07, 6.45) is 2.09. The van der Waals surface area contributed by atoms with Gasteiger partial charge in [0, 0.05) is 13.1 Å². The van der Waals surface area contributed by atoms with Crippen molar-refractivity contribution >= 4 is 23.6 Å². The monoisotopic (exact) mass is 241 g/mol. The fourth-order valence-electron chi connectivity index (χ4n) is 1.72. The molecule has 1 amide bonds. The second-order valence-electron chi connectivity index (χ2n) is 3.55. The number of hydrogen-bond acceptors (Lipinski definition) is 6. The van der Waals surface area contributed by atoms with Crippen LogP contribution in [0.3, 0.4) is 0 Å². The number of nitrogens with zero attached hydrogens (tertiary/aromatic N) is 3. The number of carbonyl (C=O) groups is 2. The van der Waals surface area contributed by atoms with Crippen molar-refractivity contribution in [2.45, 2.75) is 6.42 Å². The Hall–Kier alpha value is -1.50. The molecule has 1 aliphatic heterocycles. The number of carbonyl (C=O) groups excluding carboxylic acids is 2. The third-order valence-electron chi connectivity index (χ3n) is 2.59. The minimum atomic E-state index is -0.258. The van der Waals surface area contributed by atoms with Crippen molar-refractivity contribution in [2.24, 2.45) is 5.92 Å². The Balaban J connectivity index is 1.99. The molecule has 0 saturated carbocycles. The summed E-state index contributed by atoms with van der Waals surface area (Å²) in [5.74, 6) is -0.632. The Labute approximate surface area is 96.5 Å². The molecule has 1 atom stereocenters. The van der Waals surface area contributed by atoms with E-state index in [4.69, 9.17) is 0 Å². The molecule has 0 N–H and O–H groups in total. The van der Waals surface area contributed by atoms with Gasteiger partial charge in [-0.05, 0) is 6.42 Å². The van der Waals surface area contributed by atoms with Crippen LogP contribution in [-0.4, -0.2) is 45.7 Å². The van der Waals surface area contributed by atoms with Gasteiger partial charge in [0.15, 0.2) is 5.69 Å². The molecular formula is C9H11N3O3S. The summed E-state index contributed by atoms with van der Waals surface area (Å²) in [6, 6.07) is 0. The maximum Gasteiger partial charge on any atom is 0.310 e. The van der Waals surface area contributed by atoms with Crippen molar-refractivity contribution in [2.75, 3.05) is 20.2 Å². The van der Waals surface area contributed by atoms with Gasteiger partial charge in [-0.3, -0.25) is 9.59 Å². The standard InChI is InChI=1S/C9H11N3O3S/c1-15-9(14)6-2-3-12(5-6)8(13)7-4-10-16-11-7/h4,6H,2-3,5H2,1H3. The zero-order valence-corrected chi connectivity index (χ0v) is 9.57. The van der Waals surface area contributed by atoms with Crippen LogP contribution in [0.4, 0.5) is 0 Å². The van der Waals surface area contributed by atoms with E-state index in [1.165, 1.54) is 13.3 Å². The molecule has 1 unspecified atom stereocenters. The van der Waals surface area contributed by atoms with E-state index in [1.54, 1.807) is 4.90 Å². The Bertz CT molecular complexity index is 393.